The molecular formula is C16H23NO3. The number of esters is 1. The van der Waals surface area contributed by atoms with E-state index < -0.39 is 0 Å². The molecule has 0 saturated carbocycles. The number of fused-ring (bicyclic) bond motifs is 1. The standard InChI is InChI=1S/C16H23NO3/c1-3-4-8-14(16(18)19-2)17-10-11-20-15-9-6-5-7-13(15)12-17/h5-7,9,14H,3-4,8,10-12H2,1-2H3. The monoisotopic (exact) mass is 277 g/mol. The number of benzene rings is 1. The van der Waals surface area contributed by atoms with Gasteiger partial charge in [-0.15, -0.1) is 0 Å². The van der Waals surface area contributed by atoms with Crippen LogP contribution in [0.15, 0.2) is 24.3 Å². The van der Waals surface area contributed by atoms with E-state index in [2.05, 4.69) is 17.9 Å². The van der Waals surface area contributed by atoms with Crippen LogP contribution in [0, 0.1) is 0 Å². The molecule has 2 rings (SSSR count). The third-order valence-corrected chi connectivity index (χ3v) is 3.73. The molecule has 0 bridgehead atoms. The molecule has 0 aliphatic carbocycles. The number of methoxy groups -OCH3 is 1. The summed E-state index contributed by atoms with van der Waals surface area (Å²) in [6.07, 6.45) is 2.94. The summed E-state index contributed by atoms with van der Waals surface area (Å²) < 4.78 is 10.7. The molecule has 0 spiro atoms. The maximum absolute atomic E-state index is 12.0. The highest BCUT2D eigenvalue weighted by molar-refractivity contribution is 5.75. The van der Waals surface area contributed by atoms with Gasteiger partial charge in [0.15, 0.2) is 0 Å². The van der Waals surface area contributed by atoms with E-state index in [1.807, 2.05) is 18.2 Å². The number of nitrogens with zero attached hydrogens (tertiary/aromatic N) is 1. The molecule has 1 atom stereocenters. The van der Waals surface area contributed by atoms with E-state index in [1.165, 1.54) is 7.11 Å². The quantitative estimate of drug-likeness (QED) is 0.776. The van der Waals surface area contributed by atoms with E-state index in [0.717, 1.165) is 43.7 Å². The minimum Gasteiger partial charge on any atom is -0.492 e. The number of hydrogen-bond acceptors (Lipinski definition) is 4. The summed E-state index contributed by atoms with van der Waals surface area (Å²) >= 11 is 0. The number of carbonyl (C=O) groups excluding carboxylic acids is 1. The number of ether oxygens (including phenoxy) is 2. The van der Waals surface area contributed by atoms with E-state index in [-0.39, 0.29) is 12.0 Å². The Hall–Kier alpha value is -1.55. The second-order valence-electron chi connectivity index (χ2n) is 5.11. The Morgan fingerprint density at radius 2 is 2.25 bits per heavy atom. The first-order valence-corrected chi connectivity index (χ1v) is 7.28. The van der Waals surface area contributed by atoms with Crippen molar-refractivity contribution in [3.63, 3.8) is 0 Å². The Labute approximate surface area is 120 Å². The summed E-state index contributed by atoms with van der Waals surface area (Å²) in [5.41, 5.74) is 1.13. The second-order valence-corrected chi connectivity index (χ2v) is 5.11. The van der Waals surface area contributed by atoms with Gasteiger partial charge in [-0.3, -0.25) is 9.69 Å². The summed E-state index contributed by atoms with van der Waals surface area (Å²) in [6, 6.07) is 7.85. The van der Waals surface area contributed by atoms with Gasteiger partial charge >= 0.3 is 5.97 Å². The highest BCUT2D eigenvalue weighted by Crippen LogP contribution is 2.24. The highest BCUT2D eigenvalue weighted by Gasteiger charge is 2.28. The molecule has 0 amide bonds. The first-order valence-electron chi connectivity index (χ1n) is 7.28. The predicted octanol–water partition coefficient (Wildman–Crippen LogP) is 2.61. The van der Waals surface area contributed by atoms with Crippen molar-refractivity contribution in [3.05, 3.63) is 29.8 Å². The van der Waals surface area contributed by atoms with Gasteiger partial charge in [0.05, 0.1) is 7.11 Å². The predicted molar refractivity (Wildman–Crippen MR) is 77.7 cm³/mol. The molecule has 0 saturated heterocycles. The zero-order valence-corrected chi connectivity index (χ0v) is 12.3. The summed E-state index contributed by atoms with van der Waals surface area (Å²) in [7, 11) is 1.46. The smallest absolute Gasteiger partial charge is 0.323 e. The third kappa shape index (κ3) is 3.51. The number of unbranched alkanes of at least 4 members (excludes halogenated alkanes) is 1. The molecule has 0 radical (unpaired) electrons. The van der Waals surface area contributed by atoms with Crippen LogP contribution in [-0.4, -0.2) is 37.2 Å². The molecule has 0 fully saturated rings. The summed E-state index contributed by atoms with van der Waals surface area (Å²) in [4.78, 5) is 14.2. The fraction of sp³-hybridized carbons (Fsp3) is 0.562. The van der Waals surface area contributed by atoms with Crippen LogP contribution >= 0.6 is 0 Å². The van der Waals surface area contributed by atoms with Gasteiger partial charge < -0.3 is 9.47 Å². The van der Waals surface area contributed by atoms with Crippen LogP contribution in [0.2, 0.25) is 0 Å². The van der Waals surface area contributed by atoms with Gasteiger partial charge in [-0.2, -0.15) is 0 Å². The van der Waals surface area contributed by atoms with Crippen molar-refractivity contribution in [1.29, 1.82) is 0 Å². The van der Waals surface area contributed by atoms with Crippen molar-refractivity contribution in [1.82, 2.24) is 4.90 Å². The molecule has 110 valence electrons. The molecule has 1 aliphatic heterocycles. The van der Waals surface area contributed by atoms with Gasteiger partial charge in [-0.1, -0.05) is 38.0 Å². The van der Waals surface area contributed by atoms with Gasteiger partial charge in [0.2, 0.25) is 0 Å². The molecule has 4 heteroatoms. The lowest BCUT2D eigenvalue weighted by Crippen LogP contribution is -2.42. The van der Waals surface area contributed by atoms with E-state index in [9.17, 15) is 4.79 Å². The van der Waals surface area contributed by atoms with E-state index in [0.29, 0.717) is 6.61 Å². The van der Waals surface area contributed by atoms with Crippen molar-refractivity contribution in [3.8, 4) is 5.75 Å². The Morgan fingerprint density at radius 3 is 3.00 bits per heavy atom. The Morgan fingerprint density at radius 1 is 1.45 bits per heavy atom. The van der Waals surface area contributed by atoms with Crippen LogP contribution in [0.1, 0.15) is 31.7 Å². The topological polar surface area (TPSA) is 38.8 Å². The van der Waals surface area contributed by atoms with Crippen LogP contribution in [0.4, 0.5) is 0 Å². The van der Waals surface area contributed by atoms with Crippen LogP contribution < -0.4 is 4.74 Å². The summed E-state index contributed by atoms with van der Waals surface area (Å²) in [6.45, 7) is 4.23. The van der Waals surface area contributed by atoms with Crippen molar-refractivity contribution >= 4 is 5.97 Å². The Bertz CT molecular complexity index is 447. The molecule has 0 N–H and O–H groups in total. The third-order valence-electron chi connectivity index (χ3n) is 3.73. The van der Waals surface area contributed by atoms with Crippen LogP contribution in [0.25, 0.3) is 0 Å². The molecule has 0 aromatic heterocycles. The Kier molecular flexibility index (Phi) is 5.41. The molecule has 20 heavy (non-hydrogen) atoms. The maximum atomic E-state index is 12.0. The van der Waals surface area contributed by atoms with Gasteiger partial charge in [0.25, 0.3) is 0 Å². The first-order chi connectivity index (χ1) is 9.76. The molecule has 1 aromatic carbocycles. The normalized spacial score (nSPS) is 16.7. The van der Waals surface area contributed by atoms with Crippen LogP contribution in [0.5, 0.6) is 5.75 Å². The average Bonchev–Trinajstić information content (AvgIpc) is 2.69. The summed E-state index contributed by atoms with van der Waals surface area (Å²) in [5.74, 6) is 0.784. The van der Waals surface area contributed by atoms with Crippen molar-refractivity contribution in [2.45, 2.75) is 38.8 Å². The number of hydrogen-bond donors (Lipinski definition) is 0. The Balaban J connectivity index is 2.14. The highest BCUT2D eigenvalue weighted by atomic mass is 16.5. The van der Waals surface area contributed by atoms with E-state index in [1.54, 1.807) is 0 Å². The average molecular weight is 277 g/mol. The van der Waals surface area contributed by atoms with E-state index >= 15 is 0 Å². The first kappa shape index (κ1) is 14.9. The molecule has 1 unspecified atom stereocenters. The number of carbonyl (C=O) groups is 1. The lowest BCUT2D eigenvalue weighted by Gasteiger charge is -2.27. The van der Waals surface area contributed by atoms with Crippen molar-refractivity contribution < 1.29 is 14.3 Å². The molecule has 4 nitrogen and oxygen atoms in total. The van der Waals surface area contributed by atoms with Gasteiger partial charge in [-0.25, -0.2) is 0 Å². The van der Waals surface area contributed by atoms with Crippen LogP contribution in [0.3, 0.4) is 0 Å². The van der Waals surface area contributed by atoms with E-state index in [4.69, 9.17) is 9.47 Å². The van der Waals surface area contributed by atoms with Gasteiger partial charge in [-0.05, 0) is 12.5 Å². The number of rotatable bonds is 5. The fourth-order valence-electron chi connectivity index (χ4n) is 2.60. The van der Waals surface area contributed by atoms with Crippen molar-refractivity contribution in [2.75, 3.05) is 20.3 Å². The van der Waals surface area contributed by atoms with Gasteiger partial charge in [0, 0.05) is 18.7 Å². The fourth-order valence-corrected chi connectivity index (χ4v) is 2.60. The largest absolute Gasteiger partial charge is 0.492 e. The molecule has 1 heterocycles. The molecule has 1 aromatic rings. The SMILES string of the molecule is CCCCC(C(=O)OC)N1CCOc2ccccc2C1. The van der Waals surface area contributed by atoms with Crippen LogP contribution in [-0.2, 0) is 16.1 Å². The lowest BCUT2D eigenvalue weighted by molar-refractivity contribution is -0.147. The molecular weight excluding hydrogens is 254 g/mol. The lowest BCUT2D eigenvalue weighted by atomic mass is 10.1. The zero-order valence-electron chi connectivity index (χ0n) is 12.3. The maximum Gasteiger partial charge on any atom is 0.323 e. The molecule has 1 aliphatic rings. The zero-order chi connectivity index (χ0) is 14.4. The van der Waals surface area contributed by atoms with Crippen molar-refractivity contribution in [2.24, 2.45) is 0 Å². The minimum absolute atomic E-state index is 0.141. The number of para-hydroxylation sites is 1. The van der Waals surface area contributed by atoms with Gasteiger partial charge in [0.1, 0.15) is 18.4 Å². The summed E-state index contributed by atoms with van der Waals surface area (Å²) in [5, 5.41) is 0. The second kappa shape index (κ2) is 7.29. The minimum atomic E-state index is -0.172.